The van der Waals surface area contributed by atoms with Gasteiger partial charge in [0.2, 0.25) is 0 Å². The fourth-order valence-corrected chi connectivity index (χ4v) is 3.05. The number of Topliss-reactive ketones (excluding diaryl/α,β-unsaturated/α-hetero) is 1. The summed E-state index contributed by atoms with van der Waals surface area (Å²) < 4.78 is 5.40. The lowest BCUT2D eigenvalue weighted by Crippen LogP contribution is -2.35. The van der Waals surface area contributed by atoms with E-state index in [2.05, 4.69) is 5.32 Å². The summed E-state index contributed by atoms with van der Waals surface area (Å²) in [5.74, 6) is -0.0326. The number of carbonyl (C=O) groups excluding carboxylic acids is 2. The van der Waals surface area contributed by atoms with Crippen LogP contribution >= 0.6 is 0 Å². The number of hydrogen-bond donors (Lipinski definition) is 1. The Bertz CT molecular complexity index is 974. The van der Waals surface area contributed by atoms with E-state index >= 15 is 0 Å². The first kappa shape index (κ1) is 19.6. The third kappa shape index (κ3) is 5.19. The van der Waals surface area contributed by atoms with Crippen LogP contribution in [0.1, 0.15) is 49.2 Å². The Hall–Kier alpha value is -3.14. The quantitative estimate of drug-likeness (QED) is 0.584. The predicted octanol–water partition coefficient (Wildman–Crippen LogP) is 5.68. The largest absolute Gasteiger partial charge is 0.444 e. The van der Waals surface area contributed by atoms with Crippen molar-refractivity contribution in [3.8, 4) is 0 Å². The van der Waals surface area contributed by atoms with Crippen LogP contribution < -0.4 is 5.32 Å². The second-order valence-corrected chi connectivity index (χ2v) is 7.80. The first-order chi connectivity index (χ1) is 13.3. The van der Waals surface area contributed by atoms with Crippen molar-refractivity contribution in [1.29, 1.82) is 0 Å². The van der Waals surface area contributed by atoms with Gasteiger partial charge in [-0.05, 0) is 43.2 Å². The first-order valence-corrected chi connectivity index (χ1v) is 9.38. The minimum Gasteiger partial charge on any atom is -0.444 e. The molecule has 0 heterocycles. The van der Waals surface area contributed by atoms with E-state index in [1.54, 1.807) is 12.1 Å². The molecule has 3 aromatic rings. The van der Waals surface area contributed by atoms with Gasteiger partial charge in [0.1, 0.15) is 5.60 Å². The van der Waals surface area contributed by atoms with Gasteiger partial charge in [0.25, 0.3) is 0 Å². The molecule has 0 aliphatic heterocycles. The van der Waals surface area contributed by atoms with Crippen LogP contribution in [0.5, 0.6) is 0 Å². The van der Waals surface area contributed by atoms with Gasteiger partial charge in [-0.2, -0.15) is 0 Å². The summed E-state index contributed by atoms with van der Waals surface area (Å²) in [5.41, 5.74) is 0.884. The molecule has 1 atom stereocenters. The Balaban J connectivity index is 1.88. The summed E-state index contributed by atoms with van der Waals surface area (Å²) >= 11 is 0. The van der Waals surface area contributed by atoms with Gasteiger partial charge >= 0.3 is 6.09 Å². The maximum absolute atomic E-state index is 12.8. The topological polar surface area (TPSA) is 55.4 Å². The van der Waals surface area contributed by atoms with Crippen molar-refractivity contribution in [2.75, 3.05) is 0 Å². The molecule has 144 valence electrons. The Kier molecular flexibility index (Phi) is 5.78. The summed E-state index contributed by atoms with van der Waals surface area (Å²) in [4.78, 5) is 25.1. The van der Waals surface area contributed by atoms with Gasteiger partial charge in [-0.25, -0.2) is 4.79 Å². The summed E-state index contributed by atoms with van der Waals surface area (Å²) in [5, 5.41) is 5.04. The second-order valence-electron chi connectivity index (χ2n) is 7.80. The van der Waals surface area contributed by atoms with Gasteiger partial charge in [0.15, 0.2) is 5.78 Å². The summed E-state index contributed by atoms with van der Waals surface area (Å²) in [6, 6.07) is 22.6. The molecular formula is C24H25NO3. The Morgan fingerprint density at radius 3 is 2.21 bits per heavy atom. The standard InChI is InChI=1S/C24H25NO3/c1-24(2,3)28-23(27)25-21(16-22(26)18-10-5-4-6-11-18)20-14-13-17-9-7-8-12-19(17)15-20/h4-15,21H,16H2,1-3H3,(H,25,27)/t21-/m1/s1. The van der Waals surface area contributed by atoms with Crippen molar-refractivity contribution in [3.63, 3.8) is 0 Å². The number of benzene rings is 3. The van der Waals surface area contributed by atoms with Crippen molar-refractivity contribution >= 4 is 22.6 Å². The van der Waals surface area contributed by atoms with Crippen LogP contribution in [0.2, 0.25) is 0 Å². The number of alkyl carbamates (subject to hydrolysis) is 1. The van der Waals surface area contributed by atoms with E-state index in [9.17, 15) is 9.59 Å². The summed E-state index contributed by atoms with van der Waals surface area (Å²) in [7, 11) is 0. The van der Waals surface area contributed by atoms with Gasteiger partial charge in [0, 0.05) is 12.0 Å². The van der Waals surface area contributed by atoms with Crippen LogP contribution in [0.3, 0.4) is 0 Å². The van der Waals surface area contributed by atoms with Crippen LogP contribution in [0, 0.1) is 0 Å². The van der Waals surface area contributed by atoms with Crippen LogP contribution in [0.4, 0.5) is 4.79 Å². The van der Waals surface area contributed by atoms with Crippen molar-refractivity contribution in [3.05, 3.63) is 83.9 Å². The second kappa shape index (κ2) is 8.26. The van der Waals surface area contributed by atoms with Gasteiger partial charge in [-0.15, -0.1) is 0 Å². The van der Waals surface area contributed by atoms with Gasteiger partial charge in [-0.3, -0.25) is 4.79 Å². The van der Waals surface area contributed by atoms with E-state index in [0.717, 1.165) is 16.3 Å². The maximum Gasteiger partial charge on any atom is 0.408 e. The summed E-state index contributed by atoms with van der Waals surface area (Å²) in [6.45, 7) is 5.44. The number of hydrogen-bond acceptors (Lipinski definition) is 3. The molecule has 4 nitrogen and oxygen atoms in total. The molecule has 3 rings (SSSR count). The number of fused-ring (bicyclic) bond motifs is 1. The minimum absolute atomic E-state index is 0.0326. The van der Waals surface area contributed by atoms with E-state index in [0.29, 0.717) is 5.56 Å². The molecule has 3 aromatic carbocycles. The van der Waals surface area contributed by atoms with Crippen LogP contribution in [0.25, 0.3) is 10.8 Å². The monoisotopic (exact) mass is 375 g/mol. The van der Waals surface area contributed by atoms with Crippen LogP contribution in [-0.2, 0) is 4.74 Å². The van der Waals surface area contributed by atoms with Crippen molar-refractivity contribution in [2.24, 2.45) is 0 Å². The van der Waals surface area contributed by atoms with E-state index in [4.69, 9.17) is 4.74 Å². The highest BCUT2D eigenvalue weighted by molar-refractivity contribution is 5.96. The molecule has 0 unspecified atom stereocenters. The van der Waals surface area contributed by atoms with E-state index in [-0.39, 0.29) is 12.2 Å². The normalized spacial score (nSPS) is 12.4. The zero-order valence-electron chi connectivity index (χ0n) is 16.4. The van der Waals surface area contributed by atoms with E-state index in [1.807, 2.05) is 81.4 Å². The van der Waals surface area contributed by atoms with Gasteiger partial charge in [-0.1, -0.05) is 66.7 Å². The Morgan fingerprint density at radius 2 is 1.54 bits per heavy atom. The lowest BCUT2D eigenvalue weighted by atomic mass is 9.96. The molecule has 0 saturated heterocycles. The molecule has 0 saturated carbocycles. The van der Waals surface area contributed by atoms with Gasteiger partial charge < -0.3 is 10.1 Å². The molecule has 28 heavy (non-hydrogen) atoms. The average molecular weight is 375 g/mol. The fraction of sp³-hybridized carbons (Fsp3) is 0.250. The van der Waals surface area contributed by atoms with Crippen LogP contribution in [-0.4, -0.2) is 17.5 Å². The third-order valence-corrected chi connectivity index (χ3v) is 4.35. The molecule has 0 bridgehead atoms. The van der Waals surface area contributed by atoms with E-state index in [1.165, 1.54) is 0 Å². The molecular weight excluding hydrogens is 350 g/mol. The summed E-state index contributed by atoms with van der Waals surface area (Å²) in [6.07, 6.45) is -0.381. The fourth-order valence-electron chi connectivity index (χ4n) is 3.05. The van der Waals surface area contributed by atoms with Crippen molar-refractivity contribution in [2.45, 2.75) is 38.8 Å². The Morgan fingerprint density at radius 1 is 0.893 bits per heavy atom. The molecule has 0 aliphatic rings. The van der Waals surface area contributed by atoms with E-state index < -0.39 is 17.7 Å². The average Bonchev–Trinajstić information content (AvgIpc) is 2.66. The molecule has 0 aromatic heterocycles. The molecule has 1 N–H and O–H groups in total. The number of ether oxygens (including phenoxy) is 1. The maximum atomic E-state index is 12.8. The highest BCUT2D eigenvalue weighted by Crippen LogP contribution is 2.24. The molecule has 0 fully saturated rings. The number of carbonyl (C=O) groups is 2. The zero-order valence-corrected chi connectivity index (χ0v) is 16.4. The number of amides is 1. The lowest BCUT2D eigenvalue weighted by molar-refractivity contribution is 0.0501. The number of rotatable bonds is 5. The third-order valence-electron chi connectivity index (χ3n) is 4.35. The molecule has 0 radical (unpaired) electrons. The molecule has 1 amide bonds. The van der Waals surface area contributed by atoms with Crippen molar-refractivity contribution in [1.82, 2.24) is 5.32 Å². The highest BCUT2D eigenvalue weighted by atomic mass is 16.6. The van der Waals surface area contributed by atoms with Crippen LogP contribution in [0.15, 0.2) is 72.8 Å². The zero-order chi connectivity index (χ0) is 20.1. The van der Waals surface area contributed by atoms with Gasteiger partial charge in [0.05, 0.1) is 6.04 Å². The molecule has 4 heteroatoms. The smallest absolute Gasteiger partial charge is 0.408 e. The predicted molar refractivity (Wildman–Crippen MR) is 111 cm³/mol. The number of nitrogens with one attached hydrogen (secondary N) is 1. The van der Waals surface area contributed by atoms with Crippen molar-refractivity contribution < 1.29 is 14.3 Å². The lowest BCUT2D eigenvalue weighted by Gasteiger charge is -2.24. The highest BCUT2D eigenvalue weighted by Gasteiger charge is 2.23. The minimum atomic E-state index is -0.610. The SMILES string of the molecule is CC(C)(C)OC(=O)N[C@H](CC(=O)c1ccccc1)c1ccc2ccccc2c1. The number of ketones is 1. The first-order valence-electron chi connectivity index (χ1n) is 9.38. The molecule has 0 aliphatic carbocycles. The molecule has 0 spiro atoms. The Labute approximate surface area is 165 Å².